The Bertz CT molecular complexity index is 630. The summed E-state index contributed by atoms with van der Waals surface area (Å²) in [4.78, 5) is 24.2. The van der Waals surface area contributed by atoms with E-state index < -0.39 is 23.9 Å². The topological polar surface area (TPSA) is 98.7 Å². The van der Waals surface area contributed by atoms with E-state index in [-0.39, 0.29) is 13.2 Å². The Hall–Kier alpha value is -2.70. The molecule has 0 bridgehead atoms. The number of aliphatic hydroxyl groups excluding tert-OH is 2. The fourth-order valence-corrected chi connectivity index (χ4v) is 2.62. The van der Waals surface area contributed by atoms with Gasteiger partial charge in [-0.05, 0) is 24.0 Å². The minimum absolute atomic E-state index is 0.276. The van der Waals surface area contributed by atoms with Crippen molar-refractivity contribution in [3.8, 4) is 0 Å². The van der Waals surface area contributed by atoms with Crippen molar-refractivity contribution in [1.82, 2.24) is 10.6 Å². The molecule has 2 aromatic rings. The van der Waals surface area contributed by atoms with Crippen LogP contribution in [0.25, 0.3) is 0 Å². The molecule has 0 fully saturated rings. The molecule has 2 atom stereocenters. The normalized spacial score (nSPS) is 12.8. The van der Waals surface area contributed by atoms with Gasteiger partial charge in [-0.3, -0.25) is 9.59 Å². The summed E-state index contributed by atoms with van der Waals surface area (Å²) in [5.74, 6) is -1.65. The largest absolute Gasteiger partial charge is 0.394 e. The summed E-state index contributed by atoms with van der Waals surface area (Å²) in [6.07, 6.45) is 0.841. The first-order valence-corrected chi connectivity index (χ1v) is 8.53. The first-order chi connectivity index (χ1) is 12.6. The lowest BCUT2D eigenvalue weighted by Gasteiger charge is -2.19. The summed E-state index contributed by atoms with van der Waals surface area (Å²) in [5, 5.41) is 24.0. The number of carbonyl (C=O) groups excluding carboxylic acids is 2. The van der Waals surface area contributed by atoms with Crippen LogP contribution in [0.1, 0.15) is 11.1 Å². The third kappa shape index (κ3) is 6.31. The number of hydrogen-bond acceptors (Lipinski definition) is 4. The first kappa shape index (κ1) is 19.6. The molecular weight excluding hydrogens is 332 g/mol. The van der Waals surface area contributed by atoms with Gasteiger partial charge in [-0.25, -0.2) is 0 Å². The van der Waals surface area contributed by atoms with Crippen molar-refractivity contribution in [2.45, 2.75) is 24.9 Å². The van der Waals surface area contributed by atoms with E-state index in [4.69, 9.17) is 0 Å². The monoisotopic (exact) mass is 356 g/mol. The molecule has 0 saturated heterocycles. The van der Waals surface area contributed by atoms with Gasteiger partial charge in [0.15, 0.2) is 0 Å². The summed E-state index contributed by atoms with van der Waals surface area (Å²) in [7, 11) is 0. The number of aliphatic hydroxyl groups is 2. The van der Waals surface area contributed by atoms with Crippen LogP contribution in [0.15, 0.2) is 60.7 Å². The van der Waals surface area contributed by atoms with Crippen LogP contribution >= 0.6 is 0 Å². The number of amides is 2. The summed E-state index contributed by atoms with van der Waals surface area (Å²) in [6, 6.07) is 17.7. The van der Waals surface area contributed by atoms with E-state index in [1.54, 1.807) is 0 Å². The molecule has 0 spiro atoms. The second kappa shape index (κ2) is 10.3. The lowest BCUT2D eigenvalue weighted by Crippen LogP contribution is -2.50. The molecule has 2 rings (SSSR count). The van der Waals surface area contributed by atoms with Gasteiger partial charge in [-0.2, -0.15) is 0 Å². The molecule has 0 aromatic heterocycles. The number of rotatable bonds is 8. The van der Waals surface area contributed by atoms with Crippen LogP contribution in [0.2, 0.25) is 0 Å². The average Bonchev–Trinajstić information content (AvgIpc) is 2.68. The molecule has 2 amide bonds. The van der Waals surface area contributed by atoms with Crippen molar-refractivity contribution >= 4 is 11.8 Å². The van der Waals surface area contributed by atoms with E-state index in [1.807, 2.05) is 60.7 Å². The third-order valence-corrected chi connectivity index (χ3v) is 3.97. The van der Waals surface area contributed by atoms with Crippen LogP contribution in [0.3, 0.4) is 0 Å². The van der Waals surface area contributed by atoms with Gasteiger partial charge in [0.2, 0.25) is 0 Å². The van der Waals surface area contributed by atoms with Gasteiger partial charge in [0.25, 0.3) is 0 Å². The van der Waals surface area contributed by atoms with Crippen molar-refractivity contribution in [2.24, 2.45) is 0 Å². The van der Waals surface area contributed by atoms with Crippen LogP contribution in [-0.2, 0) is 22.4 Å². The standard InChI is InChI=1S/C20H24N2O4/c23-13-17(11-15-7-3-1-4-8-15)21-19(25)20(26)22-18(14-24)12-16-9-5-2-6-10-16/h1-10,17-18,23-24H,11-14H2,(H,21,25)(H,22,26)/t17-,18+. The molecule has 0 heterocycles. The average molecular weight is 356 g/mol. The highest BCUT2D eigenvalue weighted by Crippen LogP contribution is 2.04. The van der Waals surface area contributed by atoms with Gasteiger partial charge in [-0.1, -0.05) is 60.7 Å². The molecule has 2 aromatic carbocycles. The Kier molecular flexibility index (Phi) is 7.79. The number of benzene rings is 2. The van der Waals surface area contributed by atoms with Crippen molar-refractivity contribution in [3.63, 3.8) is 0 Å². The summed E-state index contributed by atoms with van der Waals surface area (Å²) < 4.78 is 0. The lowest BCUT2D eigenvalue weighted by atomic mass is 10.1. The van der Waals surface area contributed by atoms with E-state index in [0.29, 0.717) is 12.8 Å². The number of hydrogen-bond donors (Lipinski definition) is 4. The van der Waals surface area contributed by atoms with Gasteiger partial charge in [0.1, 0.15) is 0 Å². The zero-order valence-corrected chi connectivity index (χ0v) is 14.5. The van der Waals surface area contributed by atoms with Gasteiger partial charge >= 0.3 is 11.8 Å². The Labute approximate surface area is 152 Å². The van der Waals surface area contributed by atoms with E-state index in [0.717, 1.165) is 11.1 Å². The highest BCUT2D eigenvalue weighted by atomic mass is 16.3. The van der Waals surface area contributed by atoms with Gasteiger partial charge in [-0.15, -0.1) is 0 Å². The minimum Gasteiger partial charge on any atom is -0.394 e. The number of nitrogens with one attached hydrogen (secondary N) is 2. The van der Waals surface area contributed by atoms with Crippen LogP contribution in [-0.4, -0.2) is 47.3 Å². The molecule has 0 saturated carbocycles. The SMILES string of the molecule is O=C(N[C@H](CO)Cc1ccccc1)C(=O)N[C@@H](CO)Cc1ccccc1. The predicted molar refractivity (Wildman–Crippen MR) is 98.3 cm³/mol. The first-order valence-electron chi connectivity index (χ1n) is 8.53. The minimum atomic E-state index is -0.827. The Morgan fingerprint density at radius 2 is 1.04 bits per heavy atom. The van der Waals surface area contributed by atoms with Crippen molar-refractivity contribution in [3.05, 3.63) is 71.8 Å². The van der Waals surface area contributed by atoms with E-state index >= 15 is 0 Å². The fraction of sp³-hybridized carbons (Fsp3) is 0.300. The summed E-state index contributed by atoms with van der Waals surface area (Å²) in [5.41, 5.74) is 1.90. The summed E-state index contributed by atoms with van der Waals surface area (Å²) >= 11 is 0. The Balaban J connectivity index is 1.87. The molecule has 0 aliphatic carbocycles. The zero-order valence-electron chi connectivity index (χ0n) is 14.5. The fourth-order valence-electron chi connectivity index (χ4n) is 2.62. The highest BCUT2D eigenvalue weighted by molar-refractivity contribution is 6.35. The van der Waals surface area contributed by atoms with Crippen LogP contribution in [0, 0.1) is 0 Å². The van der Waals surface area contributed by atoms with Crippen molar-refractivity contribution in [2.75, 3.05) is 13.2 Å². The van der Waals surface area contributed by atoms with Gasteiger partial charge < -0.3 is 20.8 Å². The second-order valence-electron chi connectivity index (χ2n) is 6.09. The molecule has 0 aliphatic heterocycles. The van der Waals surface area contributed by atoms with Crippen molar-refractivity contribution < 1.29 is 19.8 Å². The maximum Gasteiger partial charge on any atom is 0.309 e. The molecule has 26 heavy (non-hydrogen) atoms. The second-order valence-corrected chi connectivity index (χ2v) is 6.09. The van der Waals surface area contributed by atoms with E-state index in [1.165, 1.54) is 0 Å². The van der Waals surface area contributed by atoms with Crippen LogP contribution < -0.4 is 10.6 Å². The molecule has 0 unspecified atom stereocenters. The van der Waals surface area contributed by atoms with Gasteiger partial charge in [0.05, 0.1) is 25.3 Å². The molecule has 0 aliphatic rings. The third-order valence-electron chi connectivity index (χ3n) is 3.97. The van der Waals surface area contributed by atoms with Crippen LogP contribution in [0.5, 0.6) is 0 Å². The molecule has 0 radical (unpaired) electrons. The highest BCUT2D eigenvalue weighted by Gasteiger charge is 2.21. The lowest BCUT2D eigenvalue weighted by molar-refractivity contribution is -0.140. The van der Waals surface area contributed by atoms with Gasteiger partial charge in [0, 0.05) is 0 Å². The maximum atomic E-state index is 12.1. The Morgan fingerprint density at radius 1 is 0.692 bits per heavy atom. The summed E-state index contributed by atoms with van der Waals surface area (Å²) in [6.45, 7) is -0.553. The quantitative estimate of drug-likeness (QED) is 0.516. The van der Waals surface area contributed by atoms with Crippen molar-refractivity contribution in [1.29, 1.82) is 0 Å². The number of carbonyl (C=O) groups is 2. The predicted octanol–water partition coefficient (Wildman–Crippen LogP) is 0.426. The molecule has 4 N–H and O–H groups in total. The molecule has 138 valence electrons. The zero-order chi connectivity index (χ0) is 18.8. The Morgan fingerprint density at radius 3 is 1.35 bits per heavy atom. The molecule has 6 heteroatoms. The maximum absolute atomic E-state index is 12.1. The molecular formula is C20H24N2O4. The van der Waals surface area contributed by atoms with E-state index in [9.17, 15) is 19.8 Å². The van der Waals surface area contributed by atoms with E-state index in [2.05, 4.69) is 10.6 Å². The van der Waals surface area contributed by atoms with Crippen LogP contribution in [0.4, 0.5) is 0 Å². The smallest absolute Gasteiger partial charge is 0.309 e. The molecule has 6 nitrogen and oxygen atoms in total.